The Morgan fingerprint density at radius 3 is 2.67 bits per heavy atom. The van der Waals surface area contributed by atoms with Crippen LogP contribution in [-0.4, -0.2) is 60.2 Å². The third kappa shape index (κ3) is 4.60. The summed E-state index contributed by atoms with van der Waals surface area (Å²) >= 11 is 6.44. The van der Waals surface area contributed by atoms with E-state index in [0.29, 0.717) is 35.2 Å². The van der Waals surface area contributed by atoms with E-state index in [1.807, 2.05) is 0 Å². The molecular formula is C23H28ClFN4O3S. The first-order valence-electron chi connectivity index (χ1n) is 11.5. The highest BCUT2D eigenvalue weighted by Gasteiger charge is 2.56. The van der Waals surface area contributed by atoms with Gasteiger partial charge < -0.3 is 10.4 Å². The van der Waals surface area contributed by atoms with Crippen molar-refractivity contribution in [2.45, 2.75) is 48.4 Å². The lowest BCUT2D eigenvalue weighted by atomic mass is 9.88. The molecule has 0 bridgehead atoms. The molecule has 3 aliphatic rings. The van der Waals surface area contributed by atoms with E-state index in [-0.39, 0.29) is 17.7 Å². The first-order valence-corrected chi connectivity index (χ1v) is 13.5. The molecule has 2 aromatic rings. The number of rotatable bonds is 7. The van der Waals surface area contributed by atoms with Gasteiger partial charge in [-0.1, -0.05) is 24.4 Å². The van der Waals surface area contributed by atoms with Gasteiger partial charge in [-0.2, -0.15) is 0 Å². The Balaban J connectivity index is 1.32. The molecule has 2 saturated carbocycles. The number of benzene rings is 1. The Labute approximate surface area is 198 Å². The predicted octanol–water partition coefficient (Wildman–Crippen LogP) is 3.14. The van der Waals surface area contributed by atoms with Crippen molar-refractivity contribution in [3.63, 3.8) is 0 Å². The largest absolute Gasteiger partial charge is 0.396 e. The highest BCUT2D eigenvalue weighted by Crippen LogP contribution is 2.52. The van der Waals surface area contributed by atoms with Gasteiger partial charge in [0.05, 0.1) is 22.2 Å². The topological polar surface area (TPSA) is 95.4 Å². The van der Waals surface area contributed by atoms with Crippen molar-refractivity contribution >= 4 is 27.1 Å². The molecule has 0 amide bonds. The Hall–Kier alpha value is -1.81. The zero-order valence-electron chi connectivity index (χ0n) is 18.2. The van der Waals surface area contributed by atoms with Gasteiger partial charge in [0.25, 0.3) is 0 Å². The predicted molar refractivity (Wildman–Crippen MR) is 123 cm³/mol. The summed E-state index contributed by atoms with van der Waals surface area (Å²) < 4.78 is 40.5. The van der Waals surface area contributed by atoms with E-state index in [2.05, 4.69) is 20.2 Å². The number of anilines is 1. The molecule has 1 unspecified atom stereocenters. The number of hydrogen-bond acceptors (Lipinski definition) is 7. The summed E-state index contributed by atoms with van der Waals surface area (Å²) in [7, 11) is -3.96. The van der Waals surface area contributed by atoms with Crippen LogP contribution in [0.4, 0.5) is 10.1 Å². The van der Waals surface area contributed by atoms with Crippen LogP contribution in [0.2, 0.25) is 5.02 Å². The summed E-state index contributed by atoms with van der Waals surface area (Å²) in [6.07, 6.45) is 6.95. The molecule has 10 heteroatoms. The van der Waals surface area contributed by atoms with E-state index in [4.69, 9.17) is 11.6 Å². The number of halogens is 2. The standard InChI is InChI=1S/C23H28ClFN4O3S/c24-18-7-23(33(31,32)12-14-5-6-26-13-27-14)19(25)8-21(18)28-20-3-1-2-4-22(20)29-9-15-16(10-29)17(15)11-30/h5-8,13,15-17,20,22,28,30H,1-4,9-12H2/t15-,16+,17?,20-,22-/m1/s1. The third-order valence-electron chi connectivity index (χ3n) is 7.49. The molecule has 5 atom stereocenters. The number of sulfone groups is 1. The first kappa shape index (κ1) is 23.0. The molecule has 33 heavy (non-hydrogen) atoms. The van der Waals surface area contributed by atoms with Gasteiger partial charge in [-0.3, -0.25) is 4.90 Å². The number of aliphatic hydroxyl groups is 1. The van der Waals surface area contributed by atoms with Crippen LogP contribution in [0.25, 0.3) is 0 Å². The summed E-state index contributed by atoms with van der Waals surface area (Å²) in [5.41, 5.74) is 0.713. The average molecular weight is 495 g/mol. The maximum Gasteiger partial charge on any atom is 0.187 e. The van der Waals surface area contributed by atoms with Gasteiger partial charge in [-0.15, -0.1) is 0 Å². The zero-order chi connectivity index (χ0) is 23.2. The molecule has 1 aromatic carbocycles. The Bertz CT molecular complexity index is 1110. The number of nitrogens with one attached hydrogen (secondary N) is 1. The van der Waals surface area contributed by atoms with Crippen LogP contribution in [0.5, 0.6) is 0 Å². The summed E-state index contributed by atoms with van der Waals surface area (Å²) in [5, 5.41) is 13.1. The molecule has 178 valence electrons. The van der Waals surface area contributed by atoms with Crippen molar-refractivity contribution in [2.75, 3.05) is 25.0 Å². The van der Waals surface area contributed by atoms with Gasteiger partial charge in [0.2, 0.25) is 0 Å². The van der Waals surface area contributed by atoms with Crippen molar-refractivity contribution < 1.29 is 17.9 Å². The number of fused-ring (bicyclic) bond motifs is 1. The molecule has 2 heterocycles. The Kier molecular flexibility index (Phi) is 6.32. The minimum atomic E-state index is -3.96. The van der Waals surface area contributed by atoms with Crippen molar-refractivity contribution in [1.29, 1.82) is 0 Å². The SMILES string of the molecule is O=S(=O)(Cc1ccncn1)c1cc(Cl)c(N[C@@H]2CCCC[C@H]2N2C[C@@H]3C(CO)[C@@H]3C2)cc1F. The van der Waals surface area contributed by atoms with Gasteiger partial charge in [0.15, 0.2) is 9.84 Å². The summed E-state index contributed by atoms with van der Waals surface area (Å²) in [5.74, 6) is 0.399. The quantitative estimate of drug-likeness (QED) is 0.610. The summed E-state index contributed by atoms with van der Waals surface area (Å²) in [6.45, 7) is 2.28. The fourth-order valence-corrected chi connectivity index (χ4v) is 7.35. The Morgan fingerprint density at radius 1 is 1.21 bits per heavy atom. The molecule has 2 N–H and O–H groups in total. The molecule has 1 aromatic heterocycles. The summed E-state index contributed by atoms with van der Waals surface area (Å²) in [4.78, 5) is 9.77. The van der Waals surface area contributed by atoms with Gasteiger partial charge >= 0.3 is 0 Å². The second-order valence-corrected chi connectivity index (χ2v) is 11.8. The van der Waals surface area contributed by atoms with Gasteiger partial charge in [-0.25, -0.2) is 22.8 Å². The molecule has 1 aliphatic heterocycles. The van der Waals surface area contributed by atoms with Gasteiger partial charge in [0, 0.05) is 38.0 Å². The number of likely N-dealkylation sites (tertiary alicyclic amines) is 1. The maximum absolute atomic E-state index is 15.0. The van der Waals surface area contributed by atoms with Crippen molar-refractivity contribution in [3.8, 4) is 0 Å². The molecular weight excluding hydrogens is 467 g/mol. The number of hydrogen-bond donors (Lipinski definition) is 2. The first-order chi connectivity index (χ1) is 15.9. The van der Waals surface area contributed by atoms with E-state index in [1.54, 1.807) is 0 Å². The van der Waals surface area contributed by atoms with Gasteiger partial charge in [0.1, 0.15) is 17.0 Å². The number of piperidine rings is 1. The molecule has 0 radical (unpaired) electrons. The summed E-state index contributed by atoms with van der Waals surface area (Å²) in [6, 6.07) is 4.32. The smallest absolute Gasteiger partial charge is 0.187 e. The molecule has 7 nitrogen and oxygen atoms in total. The number of aliphatic hydroxyl groups excluding tert-OH is 1. The molecule has 2 aliphatic carbocycles. The lowest BCUT2D eigenvalue weighted by Crippen LogP contribution is -2.49. The maximum atomic E-state index is 15.0. The van der Waals surface area contributed by atoms with Crippen molar-refractivity contribution in [3.05, 3.63) is 47.3 Å². The highest BCUT2D eigenvalue weighted by molar-refractivity contribution is 7.90. The van der Waals surface area contributed by atoms with Crippen molar-refractivity contribution in [1.82, 2.24) is 14.9 Å². The van der Waals surface area contributed by atoms with E-state index in [0.717, 1.165) is 38.8 Å². The molecule has 3 fully saturated rings. The minimum absolute atomic E-state index is 0.115. The molecule has 1 saturated heterocycles. The lowest BCUT2D eigenvalue weighted by Gasteiger charge is -2.40. The fraction of sp³-hybridized carbons (Fsp3) is 0.565. The molecule has 0 spiro atoms. The van der Waals surface area contributed by atoms with E-state index in [9.17, 15) is 17.9 Å². The van der Waals surface area contributed by atoms with Crippen molar-refractivity contribution in [2.24, 2.45) is 17.8 Å². The van der Waals surface area contributed by atoms with Crippen LogP contribution in [0, 0.1) is 23.6 Å². The molecule has 5 rings (SSSR count). The second-order valence-electron chi connectivity index (χ2n) is 9.45. The zero-order valence-corrected chi connectivity index (χ0v) is 19.8. The van der Waals surface area contributed by atoms with E-state index in [1.165, 1.54) is 30.7 Å². The number of nitrogens with zero attached hydrogens (tertiary/aromatic N) is 3. The second kappa shape index (κ2) is 9.09. The van der Waals surface area contributed by atoms with Crippen LogP contribution in [0.1, 0.15) is 31.4 Å². The fourth-order valence-electron chi connectivity index (χ4n) is 5.69. The Morgan fingerprint density at radius 2 is 1.97 bits per heavy atom. The van der Waals surface area contributed by atoms with E-state index >= 15 is 0 Å². The van der Waals surface area contributed by atoms with Crippen LogP contribution in [0.3, 0.4) is 0 Å². The average Bonchev–Trinajstić information content (AvgIpc) is 3.27. The number of aromatic nitrogens is 2. The van der Waals surface area contributed by atoms with Crippen LogP contribution in [0.15, 0.2) is 35.6 Å². The highest BCUT2D eigenvalue weighted by atomic mass is 35.5. The van der Waals surface area contributed by atoms with Gasteiger partial charge in [-0.05, 0) is 48.8 Å². The van der Waals surface area contributed by atoms with Crippen LogP contribution in [-0.2, 0) is 15.6 Å². The minimum Gasteiger partial charge on any atom is -0.396 e. The third-order valence-corrected chi connectivity index (χ3v) is 9.46. The van der Waals surface area contributed by atoms with Crippen LogP contribution < -0.4 is 5.32 Å². The van der Waals surface area contributed by atoms with Crippen LogP contribution >= 0.6 is 11.6 Å². The lowest BCUT2D eigenvalue weighted by molar-refractivity contribution is 0.142. The normalized spacial score (nSPS) is 29.6. The monoisotopic (exact) mass is 494 g/mol. The van der Waals surface area contributed by atoms with E-state index < -0.39 is 26.3 Å².